The van der Waals surface area contributed by atoms with Crippen LogP contribution in [-0.2, 0) is 19.4 Å². The minimum Gasteiger partial charge on any atom is -0.468 e. The number of ether oxygens (including phenoxy) is 1. The zero-order valence-electron chi connectivity index (χ0n) is 17.2. The van der Waals surface area contributed by atoms with Gasteiger partial charge in [0.2, 0.25) is 9.84 Å². The summed E-state index contributed by atoms with van der Waals surface area (Å²) in [5.74, 6) is -1.33. The molecule has 2 aromatic carbocycles. The molecule has 1 fully saturated rings. The fourth-order valence-corrected chi connectivity index (χ4v) is 4.72. The maximum atomic E-state index is 13.3. The SMILES string of the molecule is COC(=O)CNc1cc([N+](=O)[O-])c(C(=O)N2CCNCC2)cc1S(=O)(=O)c1ccccc1. The topological polar surface area (TPSA) is 148 Å². The van der Waals surface area contributed by atoms with Crippen LogP contribution < -0.4 is 10.6 Å². The van der Waals surface area contributed by atoms with E-state index in [0.717, 1.165) is 19.2 Å². The van der Waals surface area contributed by atoms with Crippen molar-refractivity contribution in [2.75, 3.05) is 45.2 Å². The second-order valence-electron chi connectivity index (χ2n) is 6.91. The number of nitro groups is 1. The van der Waals surface area contributed by atoms with Crippen LogP contribution in [-0.4, -0.2) is 70.0 Å². The first-order valence-electron chi connectivity index (χ1n) is 9.69. The standard InChI is InChI=1S/C20H22N4O7S/c1-31-19(25)13-22-16-12-17(24(27)28)15(20(26)23-9-7-21-8-10-23)11-18(16)32(29,30)14-5-3-2-4-6-14/h2-6,11-12,21-22H,7-10,13H2,1H3. The van der Waals surface area contributed by atoms with Gasteiger partial charge in [-0.1, -0.05) is 18.2 Å². The van der Waals surface area contributed by atoms with Crippen molar-refractivity contribution in [1.82, 2.24) is 10.2 Å². The molecule has 0 radical (unpaired) electrons. The highest BCUT2D eigenvalue weighted by Gasteiger charge is 2.32. The minimum absolute atomic E-state index is 0.0597. The predicted molar refractivity (Wildman–Crippen MR) is 114 cm³/mol. The number of rotatable bonds is 7. The Morgan fingerprint density at radius 3 is 2.44 bits per heavy atom. The van der Waals surface area contributed by atoms with Crippen LogP contribution in [0.15, 0.2) is 52.3 Å². The van der Waals surface area contributed by atoms with E-state index in [0.29, 0.717) is 26.2 Å². The summed E-state index contributed by atoms with van der Waals surface area (Å²) >= 11 is 0. The molecule has 1 aliphatic rings. The van der Waals surface area contributed by atoms with Crippen LogP contribution in [0.1, 0.15) is 10.4 Å². The van der Waals surface area contributed by atoms with Crippen molar-refractivity contribution in [3.63, 3.8) is 0 Å². The number of anilines is 1. The molecule has 0 bridgehead atoms. The smallest absolute Gasteiger partial charge is 0.325 e. The molecular weight excluding hydrogens is 440 g/mol. The van der Waals surface area contributed by atoms with E-state index in [1.54, 1.807) is 6.07 Å². The summed E-state index contributed by atoms with van der Waals surface area (Å²) in [6, 6.07) is 9.43. The number of hydrogen-bond acceptors (Lipinski definition) is 9. The number of benzene rings is 2. The number of nitrogens with zero attached hydrogens (tertiary/aromatic N) is 2. The number of nitro benzene ring substituents is 1. The molecule has 11 nitrogen and oxygen atoms in total. The third-order valence-electron chi connectivity index (χ3n) is 4.92. The van der Waals surface area contributed by atoms with E-state index in [4.69, 9.17) is 0 Å². The molecule has 32 heavy (non-hydrogen) atoms. The van der Waals surface area contributed by atoms with Crippen molar-refractivity contribution in [2.24, 2.45) is 0 Å². The van der Waals surface area contributed by atoms with Gasteiger partial charge in [0.05, 0.1) is 27.5 Å². The molecule has 0 spiro atoms. The first-order valence-corrected chi connectivity index (χ1v) is 11.2. The number of nitrogens with one attached hydrogen (secondary N) is 2. The highest BCUT2D eigenvalue weighted by molar-refractivity contribution is 7.91. The molecule has 0 atom stereocenters. The van der Waals surface area contributed by atoms with Crippen LogP contribution in [0.4, 0.5) is 11.4 Å². The van der Waals surface area contributed by atoms with Crippen LogP contribution >= 0.6 is 0 Å². The van der Waals surface area contributed by atoms with Crippen LogP contribution in [0.3, 0.4) is 0 Å². The van der Waals surface area contributed by atoms with E-state index in [9.17, 15) is 28.1 Å². The van der Waals surface area contributed by atoms with Gasteiger partial charge < -0.3 is 20.3 Å². The summed E-state index contributed by atoms with van der Waals surface area (Å²) < 4.78 is 31.2. The quantitative estimate of drug-likeness (QED) is 0.350. The summed E-state index contributed by atoms with van der Waals surface area (Å²) in [7, 11) is -3.02. The minimum atomic E-state index is -4.17. The lowest BCUT2D eigenvalue weighted by Gasteiger charge is -2.27. The molecule has 3 rings (SSSR count). The summed E-state index contributed by atoms with van der Waals surface area (Å²) in [6.45, 7) is 1.29. The van der Waals surface area contributed by atoms with Gasteiger partial charge in [0.1, 0.15) is 12.1 Å². The van der Waals surface area contributed by atoms with E-state index >= 15 is 0 Å². The van der Waals surface area contributed by atoms with E-state index in [-0.39, 0.29) is 21.0 Å². The number of methoxy groups -OCH3 is 1. The monoisotopic (exact) mass is 462 g/mol. The van der Waals surface area contributed by atoms with Gasteiger partial charge in [-0.2, -0.15) is 0 Å². The second kappa shape index (κ2) is 9.75. The largest absolute Gasteiger partial charge is 0.468 e. The first kappa shape index (κ1) is 23.2. The molecule has 1 heterocycles. The average Bonchev–Trinajstić information content (AvgIpc) is 2.82. The Hall–Kier alpha value is -3.51. The van der Waals surface area contributed by atoms with Crippen LogP contribution in [0.25, 0.3) is 0 Å². The van der Waals surface area contributed by atoms with Gasteiger partial charge in [0.25, 0.3) is 11.6 Å². The number of amides is 1. The van der Waals surface area contributed by atoms with Crippen molar-refractivity contribution < 1.29 is 27.7 Å². The fraction of sp³-hybridized carbons (Fsp3) is 0.300. The number of esters is 1. The Labute approximate surface area is 184 Å². The van der Waals surface area contributed by atoms with Crippen molar-refractivity contribution in [3.8, 4) is 0 Å². The van der Waals surface area contributed by atoms with Gasteiger partial charge in [-0.25, -0.2) is 8.42 Å². The summed E-state index contributed by atoms with van der Waals surface area (Å²) in [6.07, 6.45) is 0. The Kier molecular flexibility index (Phi) is 7.05. The number of carbonyl (C=O) groups is 2. The molecule has 1 saturated heterocycles. The molecule has 2 aromatic rings. The molecule has 0 aromatic heterocycles. The van der Waals surface area contributed by atoms with Crippen molar-refractivity contribution >= 4 is 33.1 Å². The molecular formula is C20H22N4O7S. The maximum Gasteiger partial charge on any atom is 0.325 e. The van der Waals surface area contributed by atoms with Crippen molar-refractivity contribution in [3.05, 3.63) is 58.1 Å². The van der Waals surface area contributed by atoms with Gasteiger partial charge in [-0.3, -0.25) is 19.7 Å². The van der Waals surface area contributed by atoms with Gasteiger partial charge in [0, 0.05) is 32.2 Å². The first-order chi connectivity index (χ1) is 15.3. The Morgan fingerprint density at radius 1 is 1.19 bits per heavy atom. The molecule has 1 aliphatic heterocycles. The zero-order valence-corrected chi connectivity index (χ0v) is 18.1. The van der Waals surface area contributed by atoms with Crippen LogP contribution in [0.2, 0.25) is 0 Å². The average molecular weight is 462 g/mol. The maximum absolute atomic E-state index is 13.3. The molecule has 170 valence electrons. The number of carbonyl (C=O) groups excluding carboxylic acids is 2. The number of hydrogen-bond donors (Lipinski definition) is 2. The van der Waals surface area contributed by atoms with E-state index in [2.05, 4.69) is 15.4 Å². The van der Waals surface area contributed by atoms with Crippen LogP contribution in [0.5, 0.6) is 0 Å². The second-order valence-corrected chi connectivity index (χ2v) is 8.83. The molecule has 0 saturated carbocycles. The van der Waals surface area contributed by atoms with Gasteiger partial charge in [-0.05, 0) is 18.2 Å². The van der Waals surface area contributed by atoms with Crippen LogP contribution in [0, 0.1) is 10.1 Å². The van der Waals surface area contributed by atoms with Gasteiger partial charge in [-0.15, -0.1) is 0 Å². The van der Waals surface area contributed by atoms with Gasteiger partial charge >= 0.3 is 5.97 Å². The third-order valence-corrected chi connectivity index (χ3v) is 6.73. The lowest BCUT2D eigenvalue weighted by Crippen LogP contribution is -2.46. The molecule has 0 unspecified atom stereocenters. The van der Waals surface area contributed by atoms with E-state index < -0.39 is 38.9 Å². The Balaban J connectivity index is 2.18. The normalized spacial score (nSPS) is 14.0. The third kappa shape index (κ3) is 4.86. The highest BCUT2D eigenvalue weighted by atomic mass is 32.2. The van der Waals surface area contributed by atoms with E-state index in [1.165, 1.54) is 29.2 Å². The molecule has 1 amide bonds. The van der Waals surface area contributed by atoms with Crippen molar-refractivity contribution in [2.45, 2.75) is 9.79 Å². The lowest BCUT2D eigenvalue weighted by atomic mass is 10.1. The lowest BCUT2D eigenvalue weighted by molar-refractivity contribution is -0.385. The Bertz CT molecular complexity index is 1130. The number of piperazine rings is 1. The number of sulfone groups is 1. The highest BCUT2D eigenvalue weighted by Crippen LogP contribution is 2.34. The molecule has 2 N–H and O–H groups in total. The zero-order chi connectivity index (χ0) is 23.3. The molecule has 0 aliphatic carbocycles. The van der Waals surface area contributed by atoms with E-state index in [1.807, 2.05) is 0 Å². The fourth-order valence-electron chi connectivity index (χ4n) is 3.26. The van der Waals surface area contributed by atoms with Gasteiger partial charge in [0.15, 0.2) is 0 Å². The molecule has 12 heteroatoms. The predicted octanol–water partition coefficient (Wildman–Crippen LogP) is 1.06. The van der Waals surface area contributed by atoms with Crippen molar-refractivity contribution in [1.29, 1.82) is 0 Å². The summed E-state index contributed by atoms with van der Waals surface area (Å²) in [4.78, 5) is 36.7. The summed E-state index contributed by atoms with van der Waals surface area (Å²) in [5, 5.41) is 17.4. The Morgan fingerprint density at radius 2 is 1.84 bits per heavy atom. The summed E-state index contributed by atoms with van der Waals surface area (Å²) in [5.41, 5.74) is -1.08.